The minimum absolute atomic E-state index is 0.348. The lowest BCUT2D eigenvalue weighted by molar-refractivity contribution is 0.351. The molecular formula is C11H20N2. The third-order valence-electron chi connectivity index (χ3n) is 3.05. The van der Waals surface area contributed by atoms with E-state index in [1.54, 1.807) is 0 Å². The highest BCUT2D eigenvalue weighted by Crippen LogP contribution is 2.27. The maximum absolute atomic E-state index is 8.52. The molecule has 13 heavy (non-hydrogen) atoms. The Labute approximate surface area is 81.3 Å². The molecular weight excluding hydrogens is 160 g/mol. The summed E-state index contributed by atoms with van der Waals surface area (Å²) in [7, 11) is 0. The van der Waals surface area contributed by atoms with Crippen molar-refractivity contribution in [1.82, 2.24) is 5.32 Å². The molecule has 1 saturated carbocycles. The van der Waals surface area contributed by atoms with E-state index >= 15 is 0 Å². The molecule has 0 aromatic carbocycles. The Kier molecular flexibility index (Phi) is 4.24. The van der Waals surface area contributed by atoms with Crippen molar-refractivity contribution < 1.29 is 0 Å². The predicted octanol–water partition coefficient (Wildman–Crippen LogP) is 2.46. The second-order valence-electron chi connectivity index (χ2n) is 4.26. The topological polar surface area (TPSA) is 35.8 Å². The largest absolute Gasteiger partial charge is 0.310 e. The van der Waals surface area contributed by atoms with Crippen LogP contribution in [0.4, 0.5) is 0 Å². The third kappa shape index (κ3) is 3.36. The number of rotatable bonds is 4. The molecule has 2 unspecified atom stereocenters. The van der Waals surface area contributed by atoms with E-state index in [2.05, 4.69) is 25.2 Å². The zero-order valence-corrected chi connectivity index (χ0v) is 8.71. The van der Waals surface area contributed by atoms with Crippen LogP contribution in [0.15, 0.2) is 0 Å². The van der Waals surface area contributed by atoms with Crippen molar-refractivity contribution in [2.45, 2.75) is 58.0 Å². The van der Waals surface area contributed by atoms with E-state index in [9.17, 15) is 0 Å². The highest BCUT2D eigenvalue weighted by molar-refractivity contribution is 4.83. The third-order valence-corrected chi connectivity index (χ3v) is 3.05. The summed E-state index contributed by atoms with van der Waals surface area (Å²) in [5, 5.41) is 12.0. The van der Waals surface area contributed by atoms with Gasteiger partial charge in [-0.15, -0.1) is 0 Å². The molecule has 0 heterocycles. The molecule has 0 aromatic heterocycles. The summed E-state index contributed by atoms with van der Waals surface area (Å²) < 4.78 is 0. The van der Waals surface area contributed by atoms with Crippen LogP contribution < -0.4 is 5.32 Å². The summed E-state index contributed by atoms with van der Waals surface area (Å²) in [6, 6.07) is 3.14. The molecule has 2 atom stereocenters. The van der Waals surface area contributed by atoms with Crippen LogP contribution in [0.5, 0.6) is 0 Å². The van der Waals surface area contributed by atoms with E-state index in [0.717, 1.165) is 5.92 Å². The average molecular weight is 180 g/mol. The molecule has 0 radical (unpaired) electrons. The zero-order chi connectivity index (χ0) is 9.68. The van der Waals surface area contributed by atoms with Gasteiger partial charge in [0.2, 0.25) is 0 Å². The minimum atomic E-state index is 0.348. The molecule has 1 fully saturated rings. The number of hydrogen-bond donors (Lipinski definition) is 1. The lowest BCUT2D eigenvalue weighted by Gasteiger charge is -2.23. The first kappa shape index (κ1) is 10.5. The number of nitrogens with zero attached hydrogens (tertiary/aromatic N) is 1. The first-order valence-corrected chi connectivity index (χ1v) is 5.37. The van der Waals surface area contributed by atoms with Crippen molar-refractivity contribution in [2.24, 2.45) is 5.92 Å². The van der Waals surface area contributed by atoms with Gasteiger partial charge < -0.3 is 5.32 Å². The molecule has 1 aliphatic carbocycles. The molecule has 1 rings (SSSR count). The summed E-state index contributed by atoms with van der Waals surface area (Å²) in [4.78, 5) is 0. The van der Waals surface area contributed by atoms with Crippen molar-refractivity contribution in [3.05, 3.63) is 0 Å². The molecule has 0 amide bonds. The number of nitriles is 1. The normalized spacial score (nSPS) is 22.5. The van der Waals surface area contributed by atoms with Gasteiger partial charge in [0, 0.05) is 12.1 Å². The molecule has 74 valence electrons. The van der Waals surface area contributed by atoms with Crippen molar-refractivity contribution in [3.63, 3.8) is 0 Å². The van der Waals surface area contributed by atoms with Crippen LogP contribution in [-0.2, 0) is 0 Å². The highest BCUT2D eigenvalue weighted by Gasteiger charge is 2.22. The van der Waals surface area contributed by atoms with Crippen LogP contribution in [0.1, 0.15) is 46.0 Å². The van der Waals surface area contributed by atoms with E-state index in [0.29, 0.717) is 18.5 Å². The molecule has 0 aromatic rings. The van der Waals surface area contributed by atoms with Gasteiger partial charge >= 0.3 is 0 Å². The fraction of sp³-hybridized carbons (Fsp3) is 0.909. The molecule has 1 aliphatic rings. The van der Waals surface area contributed by atoms with Gasteiger partial charge in [-0.3, -0.25) is 0 Å². The minimum Gasteiger partial charge on any atom is -0.310 e. The van der Waals surface area contributed by atoms with Crippen LogP contribution in [0.25, 0.3) is 0 Å². The summed E-state index contributed by atoms with van der Waals surface area (Å²) in [6.45, 7) is 4.35. The number of hydrogen-bond acceptors (Lipinski definition) is 2. The van der Waals surface area contributed by atoms with E-state index in [-0.39, 0.29) is 0 Å². The standard InChI is InChI=1S/C11H20N2/c1-9(7-8-12)13-10(2)11-5-3-4-6-11/h9-11,13H,3-7H2,1-2H3. The smallest absolute Gasteiger partial charge is 0.0638 e. The Morgan fingerprint density at radius 1 is 1.38 bits per heavy atom. The molecule has 2 heteroatoms. The fourth-order valence-corrected chi connectivity index (χ4v) is 2.24. The van der Waals surface area contributed by atoms with Gasteiger partial charge in [0.15, 0.2) is 0 Å². The Balaban J connectivity index is 2.23. The Bertz CT molecular complexity index is 177. The SMILES string of the molecule is CC(CC#N)NC(C)C1CCCC1. The second-order valence-corrected chi connectivity index (χ2v) is 4.26. The van der Waals surface area contributed by atoms with Crippen molar-refractivity contribution >= 4 is 0 Å². The summed E-state index contributed by atoms with van der Waals surface area (Å²) in [5.74, 6) is 0.848. The summed E-state index contributed by atoms with van der Waals surface area (Å²) in [5.41, 5.74) is 0. The van der Waals surface area contributed by atoms with Gasteiger partial charge in [0.25, 0.3) is 0 Å². The van der Waals surface area contributed by atoms with Crippen molar-refractivity contribution in [3.8, 4) is 6.07 Å². The van der Waals surface area contributed by atoms with Gasteiger partial charge in [-0.1, -0.05) is 12.8 Å². The fourth-order valence-electron chi connectivity index (χ4n) is 2.24. The summed E-state index contributed by atoms with van der Waals surface area (Å²) in [6.07, 6.45) is 6.14. The quantitative estimate of drug-likeness (QED) is 0.721. The van der Waals surface area contributed by atoms with E-state index in [4.69, 9.17) is 5.26 Å². The molecule has 0 aliphatic heterocycles. The molecule has 1 N–H and O–H groups in total. The average Bonchev–Trinajstić information content (AvgIpc) is 2.55. The van der Waals surface area contributed by atoms with Crippen LogP contribution >= 0.6 is 0 Å². The molecule has 0 spiro atoms. The Hall–Kier alpha value is -0.550. The van der Waals surface area contributed by atoms with Crippen LogP contribution in [0, 0.1) is 17.2 Å². The van der Waals surface area contributed by atoms with E-state index in [1.165, 1.54) is 25.7 Å². The molecule has 2 nitrogen and oxygen atoms in total. The van der Waals surface area contributed by atoms with Crippen molar-refractivity contribution in [1.29, 1.82) is 5.26 Å². The van der Waals surface area contributed by atoms with E-state index < -0.39 is 0 Å². The Morgan fingerprint density at radius 3 is 2.54 bits per heavy atom. The maximum Gasteiger partial charge on any atom is 0.0638 e. The highest BCUT2D eigenvalue weighted by atomic mass is 14.9. The predicted molar refractivity (Wildman–Crippen MR) is 54.2 cm³/mol. The lowest BCUT2D eigenvalue weighted by atomic mass is 9.99. The number of nitrogens with one attached hydrogen (secondary N) is 1. The summed E-state index contributed by atoms with van der Waals surface area (Å²) >= 11 is 0. The molecule has 0 saturated heterocycles. The van der Waals surface area contributed by atoms with Crippen molar-refractivity contribution in [2.75, 3.05) is 0 Å². The first-order valence-electron chi connectivity index (χ1n) is 5.37. The zero-order valence-electron chi connectivity index (χ0n) is 8.71. The maximum atomic E-state index is 8.52. The Morgan fingerprint density at radius 2 is 2.00 bits per heavy atom. The van der Waals surface area contributed by atoms with Gasteiger partial charge in [-0.25, -0.2) is 0 Å². The molecule has 0 bridgehead atoms. The van der Waals surface area contributed by atoms with Gasteiger partial charge in [0.05, 0.1) is 12.5 Å². The van der Waals surface area contributed by atoms with E-state index in [1.807, 2.05) is 0 Å². The van der Waals surface area contributed by atoms with Crippen LogP contribution in [0.3, 0.4) is 0 Å². The monoisotopic (exact) mass is 180 g/mol. The first-order chi connectivity index (χ1) is 6.24. The van der Waals surface area contributed by atoms with Crippen LogP contribution in [0.2, 0.25) is 0 Å². The van der Waals surface area contributed by atoms with Crippen LogP contribution in [-0.4, -0.2) is 12.1 Å². The van der Waals surface area contributed by atoms with Gasteiger partial charge in [-0.2, -0.15) is 5.26 Å². The van der Waals surface area contributed by atoms with Gasteiger partial charge in [-0.05, 0) is 32.6 Å². The lowest BCUT2D eigenvalue weighted by Crippen LogP contribution is -2.38. The second kappa shape index (κ2) is 5.24. The van der Waals surface area contributed by atoms with Gasteiger partial charge in [0.1, 0.15) is 0 Å².